The van der Waals surface area contributed by atoms with Gasteiger partial charge in [-0.15, -0.1) is 0 Å². The summed E-state index contributed by atoms with van der Waals surface area (Å²) in [7, 11) is 0. The molecule has 0 saturated heterocycles. The van der Waals surface area contributed by atoms with E-state index in [0.29, 0.717) is 6.04 Å². The summed E-state index contributed by atoms with van der Waals surface area (Å²) in [5.41, 5.74) is 9.69. The Kier molecular flexibility index (Phi) is 4.67. The highest BCUT2D eigenvalue weighted by atomic mass is 14.7. The zero-order chi connectivity index (χ0) is 13.9. The van der Waals surface area contributed by atoms with Gasteiger partial charge in [0.2, 0.25) is 0 Å². The highest BCUT2D eigenvalue weighted by molar-refractivity contribution is 5.32. The molecular weight excluding hydrogens is 230 g/mol. The third kappa shape index (κ3) is 3.82. The van der Waals surface area contributed by atoms with Crippen molar-refractivity contribution in [2.24, 2.45) is 11.1 Å². The summed E-state index contributed by atoms with van der Waals surface area (Å²) in [6.45, 7) is 6.73. The highest BCUT2D eigenvalue weighted by Gasteiger charge is 2.22. The number of benzene rings is 1. The van der Waals surface area contributed by atoms with Crippen LogP contribution in [0.3, 0.4) is 0 Å². The molecule has 106 valence electrons. The maximum Gasteiger partial charge on any atom is 0.00876 e. The van der Waals surface area contributed by atoms with Crippen LogP contribution in [0.1, 0.15) is 69.9 Å². The summed E-state index contributed by atoms with van der Waals surface area (Å²) in [6.07, 6.45) is 7.71. The van der Waals surface area contributed by atoms with Crippen LogP contribution in [0.15, 0.2) is 24.3 Å². The molecule has 0 amide bonds. The van der Waals surface area contributed by atoms with Gasteiger partial charge < -0.3 is 5.73 Å². The van der Waals surface area contributed by atoms with E-state index in [1.54, 1.807) is 11.1 Å². The Morgan fingerprint density at radius 1 is 1.26 bits per heavy atom. The van der Waals surface area contributed by atoms with Crippen molar-refractivity contribution in [1.29, 1.82) is 0 Å². The third-order valence-electron chi connectivity index (χ3n) is 4.67. The summed E-state index contributed by atoms with van der Waals surface area (Å²) in [6, 6.07) is 9.34. The number of fused-ring (bicyclic) bond motifs is 1. The SMILES string of the molecule is CC(C)(C)C(N)CCCC1CCCc2ccccc21. The van der Waals surface area contributed by atoms with Crippen molar-refractivity contribution < 1.29 is 0 Å². The van der Waals surface area contributed by atoms with Gasteiger partial charge in [0.05, 0.1) is 0 Å². The standard InChI is InChI=1S/C18H29N/c1-18(2,3)17(19)13-7-11-15-10-6-9-14-8-4-5-12-16(14)15/h4-5,8,12,15,17H,6-7,9-11,13,19H2,1-3H3. The number of nitrogens with two attached hydrogens (primary N) is 1. The van der Waals surface area contributed by atoms with Gasteiger partial charge in [-0.3, -0.25) is 0 Å². The van der Waals surface area contributed by atoms with Crippen LogP contribution in [0, 0.1) is 5.41 Å². The van der Waals surface area contributed by atoms with Gasteiger partial charge in [-0.1, -0.05) is 51.5 Å². The average Bonchev–Trinajstić information content (AvgIpc) is 2.38. The van der Waals surface area contributed by atoms with Gasteiger partial charge in [-0.2, -0.15) is 0 Å². The summed E-state index contributed by atoms with van der Waals surface area (Å²) < 4.78 is 0. The number of aryl methyl sites for hydroxylation is 1. The predicted octanol–water partition coefficient (Wildman–Crippen LogP) is 4.65. The fourth-order valence-corrected chi connectivity index (χ4v) is 3.17. The van der Waals surface area contributed by atoms with Crippen molar-refractivity contribution in [1.82, 2.24) is 0 Å². The number of hydrogen-bond donors (Lipinski definition) is 1. The molecule has 1 aliphatic carbocycles. The van der Waals surface area contributed by atoms with Crippen molar-refractivity contribution in [3.05, 3.63) is 35.4 Å². The van der Waals surface area contributed by atoms with E-state index < -0.39 is 0 Å². The molecule has 2 rings (SSSR count). The van der Waals surface area contributed by atoms with Gasteiger partial charge in [-0.05, 0) is 54.6 Å². The number of hydrogen-bond acceptors (Lipinski definition) is 1. The molecule has 1 aromatic carbocycles. The van der Waals surface area contributed by atoms with E-state index >= 15 is 0 Å². The van der Waals surface area contributed by atoms with Gasteiger partial charge in [0, 0.05) is 6.04 Å². The van der Waals surface area contributed by atoms with Gasteiger partial charge in [0.1, 0.15) is 0 Å². The van der Waals surface area contributed by atoms with Crippen LogP contribution in [-0.4, -0.2) is 6.04 Å². The fourth-order valence-electron chi connectivity index (χ4n) is 3.17. The minimum absolute atomic E-state index is 0.241. The Labute approximate surface area is 118 Å². The van der Waals surface area contributed by atoms with Crippen LogP contribution < -0.4 is 5.73 Å². The monoisotopic (exact) mass is 259 g/mol. The highest BCUT2D eigenvalue weighted by Crippen LogP contribution is 2.35. The van der Waals surface area contributed by atoms with E-state index in [9.17, 15) is 0 Å². The molecule has 19 heavy (non-hydrogen) atoms. The molecule has 0 aliphatic heterocycles. The second kappa shape index (κ2) is 6.09. The molecule has 1 aliphatic rings. The van der Waals surface area contributed by atoms with Crippen LogP contribution in [0.4, 0.5) is 0 Å². The quantitative estimate of drug-likeness (QED) is 0.837. The molecular formula is C18H29N. The fraction of sp³-hybridized carbons (Fsp3) is 0.667. The lowest BCUT2D eigenvalue weighted by molar-refractivity contribution is 0.295. The minimum Gasteiger partial charge on any atom is -0.327 e. The van der Waals surface area contributed by atoms with Gasteiger partial charge in [0.25, 0.3) is 0 Å². The molecule has 0 radical (unpaired) electrons. The van der Waals surface area contributed by atoms with E-state index in [0.717, 1.165) is 12.3 Å². The lowest BCUT2D eigenvalue weighted by Crippen LogP contribution is -2.34. The smallest absolute Gasteiger partial charge is 0.00876 e. The van der Waals surface area contributed by atoms with Gasteiger partial charge in [0.15, 0.2) is 0 Å². The molecule has 1 heteroatoms. The summed E-state index contributed by atoms with van der Waals surface area (Å²) >= 11 is 0. The Morgan fingerprint density at radius 3 is 2.74 bits per heavy atom. The van der Waals surface area contributed by atoms with Crippen molar-refractivity contribution in [2.45, 2.75) is 71.3 Å². The molecule has 1 aromatic rings. The third-order valence-corrected chi connectivity index (χ3v) is 4.67. The molecule has 0 heterocycles. The van der Waals surface area contributed by atoms with Crippen LogP contribution in [0.25, 0.3) is 0 Å². The first-order valence-electron chi connectivity index (χ1n) is 7.82. The summed E-state index contributed by atoms with van der Waals surface area (Å²) in [4.78, 5) is 0. The Balaban J connectivity index is 1.88. The molecule has 2 atom stereocenters. The second-order valence-electron chi connectivity index (χ2n) is 7.19. The molecule has 2 N–H and O–H groups in total. The van der Waals surface area contributed by atoms with Gasteiger partial charge >= 0.3 is 0 Å². The maximum atomic E-state index is 6.26. The lowest BCUT2D eigenvalue weighted by Gasteiger charge is -2.29. The van der Waals surface area contributed by atoms with Gasteiger partial charge in [-0.25, -0.2) is 0 Å². The van der Waals surface area contributed by atoms with E-state index in [2.05, 4.69) is 45.0 Å². The van der Waals surface area contributed by atoms with Crippen LogP contribution in [-0.2, 0) is 6.42 Å². The largest absolute Gasteiger partial charge is 0.327 e. The zero-order valence-electron chi connectivity index (χ0n) is 12.8. The normalized spacial score (nSPS) is 20.9. The van der Waals surface area contributed by atoms with Crippen molar-refractivity contribution in [3.63, 3.8) is 0 Å². The Hall–Kier alpha value is -0.820. The van der Waals surface area contributed by atoms with Crippen molar-refractivity contribution >= 4 is 0 Å². The summed E-state index contributed by atoms with van der Waals surface area (Å²) in [5, 5.41) is 0. The topological polar surface area (TPSA) is 26.0 Å². The van der Waals surface area contributed by atoms with E-state index in [1.165, 1.54) is 32.1 Å². The van der Waals surface area contributed by atoms with E-state index in [1.807, 2.05) is 0 Å². The summed E-state index contributed by atoms with van der Waals surface area (Å²) in [5.74, 6) is 0.775. The maximum absolute atomic E-state index is 6.26. The van der Waals surface area contributed by atoms with Crippen LogP contribution >= 0.6 is 0 Å². The predicted molar refractivity (Wildman–Crippen MR) is 83.4 cm³/mol. The first-order valence-corrected chi connectivity index (χ1v) is 7.82. The zero-order valence-corrected chi connectivity index (χ0v) is 12.8. The van der Waals surface area contributed by atoms with E-state index in [-0.39, 0.29) is 5.41 Å². The van der Waals surface area contributed by atoms with Crippen LogP contribution in [0.5, 0.6) is 0 Å². The Morgan fingerprint density at radius 2 is 2.00 bits per heavy atom. The second-order valence-corrected chi connectivity index (χ2v) is 7.19. The molecule has 0 spiro atoms. The molecule has 0 aromatic heterocycles. The number of rotatable bonds is 4. The first kappa shape index (κ1) is 14.6. The van der Waals surface area contributed by atoms with Crippen molar-refractivity contribution in [3.8, 4) is 0 Å². The molecule has 1 nitrogen and oxygen atoms in total. The molecule has 0 saturated carbocycles. The van der Waals surface area contributed by atoms with Crippen LogP contribution in [0.2, 0.25) is 0 Å². The molecule has 2 unspecified atom stereocenters. The average molecular weight is 259 g/mol. The van der Waals surface area contributed by atoms with E-state index in [4.69, 9.17) is 5.73 Å². The first-order chi connectivity index (χ1) is 8.98. The lowest BCUT2D eigenvalue weighted by atomic mass is 9.78. The molecule has 0 fully saturated rings. The minimum atomic E-state index is 0.241. The van der Waals surface area contributed by atoms with Crippen molar-refractivity contribution in [2.75, 3.05) is 0 Å². The molecule has 0 bridgehead atoms. The Bertz CT molecular complexity index is 402.